The second kappa shape index (κ2) is 3.78. The van der Waals surface area contributed by atoms with Gasteiger partial charge in [0.15, 0.2) is 0 Å². The number of hydrogen-bond acceptors (Lipinski definition) is 5. The van der Waals surface area contributed by atoms with Crippen molar-refractivity contribution in [3.63, 3.8) is 0 Å². The number of nitrogens with zero attached hydrogens (tertiary/aromatic N) is 2. The van der Waals surface area contributed by atoms with E-state index >= 15 is 0 Å². The lowest BCUT2D eigenvalue weighted by Crippen LogP contribution is -2.31. The summed E-state index contributed by atoms with van der Waals surface area (Å²) in [5, 5.41) is 16.1. The molecular formula is C12H11N3O4. The summed E-state index contributed by atoms with van der Waals surface area (Å²) in [4.78, 5) is 27.0. The quantitative estimate of drug-likeness (QED) is 0.807. The van der Waals surface area contributed by atoms with E-state index in [1.807, 2.05) is 0 Å². The van der Waals surface area contributed by atoms with E-state index in [1.54, 1.807) is 13.0 Å². The molecule has 0 spiro atoms. The van der Waals surface area contributed by atoms with Gasteiger partial charge in [-0.15, -0.1) is 0 Å². The number of rotatable bonds is 3. The number of fused-ring (bicyclic) bond motifs is 1. The molecule has 0 radical (unpaired) electrons. The Hall–Kier alpha value is -2.44. The van der Waals surface area contributed by atoms with Crippen LogP contribution in [-0.2, 0) is 9.59 Å². The zero-order valence-corrected chi connectivity index (χ0v) is 10.1. The summed E-state index contributed by atoms with van der Waals surface area (Å²) in [6.45, 7) is 1.76. The maximum atomic E-state index is 11.9. The van der Waals surface area contributed by atoms with Crippen LogP contribution < -0.4 is 5.32 Å². The number of carbonyl (C=O) groups excluding carboxylic acids is 1. The fourth-order valence-electron chi connectivity index (χ4n) is 1.93. The van der Waals surface area contributed by atoms with Gasteiger partial charge in [-0.2, -0.15) is 0 Å². The average Bonchev–Trinajstić information content (AvgIpc) is 3.12. The lowest BCUT2D eigenvalue weighted by Gasteiger charge is -2.10. The molecule has 1 aliphatic carbocycles. The lowest BCUT2D eigenvalue weighted by molar-refractivity contribution is -0.147. The average molecular weight is 261 g/mol. The van der Waals surface area contributed by atoms with Crippen molar-refractivity contribution in [1.82, 2.24) is 10.1 Å². The summed E-state index contributed by atoms with van der Waals surface area (Å²) in [5.74, 6) is -1.59. The Morgan fingerprint density at radius 3 is 2.84 bits per heavy atom. The Morgan fingerprint density at radius 2 is 2.21 bits per heavy atom. The zero-order valence-electron chi connectivity index (χ0n) is 10.1. The topological polar surface area (TPSA) is 105 Å². The van der Waals surface area contributed by atoms with Crippen molar-refractivity contribution in [2.24, 2.45) is 5.41 Å². The first-order valence-corrected chi connectivity index (χ1v) is 5.80. The van der Waals surface area contributed by atoms with E-state index in [1.165, 1.54) is 6.20 Å². The third kappa shape index (κ3) is 1.74. The van der Waals surface area contributed by atoms with Gasteiger partial charge in [0.1, 0.15) is 5.41 Å². The SMILES string of the molecule is Cc1noc2ncc(NC(=O)C3(C(=O)O)CC3)cc12. The zero-order chi connectivity index (χ0) is 13.6. The lowest BCUT2D eigenvalue weighted by atomic mass is 10.1. The highest BCUT2D eigenvalue weighted by atomic mass is 16.5. The molecule has 19 heavy (non-hydrogen) atoms. The van der Waals surface area contributed by atoms with Crippen LogP contribution in [-0.4, -0.2) is 27.1 Å². The second-order valence-corrected chi connectivity index (χ2v) is 4.69. The Kier molecular flexibility index (Phi) is 2.31. The Bertz CT molecular complexity index is 687. The van der Waals surface area contributed by atoms with E-state index in [2.05, 4.69) is 15.5 Å². The number of carboxylic acids is 1. The molecule has 2 N–H and O–H groups in total. The standard InChI is InChI=1S/C12H11N3O4/c1-6-8-4-7(5-13-9(8)19-15-6)14-10(16)12(2-3-12)11(17)18/h4-5H,2-3H2,1H3,(H,14,16)(H,17,18). The van der Waals surface area contributed by atoms with Gasteiger partial charge in [0.2, 0.25) is 5.91 Å². The number of nitrogens with one attached hydrogen (secondary N) is 1. The van der Waals surface area contributed by atoms with Crippen molar-refractivity contribution >= 4 is 28.7 Å². The number of hydrogen-bond donors (Lipinski definition) is 2. The number of pyridine rings is 1. The Balaban J connectivity index is 1.87. The number of carboxylic acid groups (broad SMARTS) is 1. The summed E-state index contributed by atoms with van der Waals surface area (Å²) < 4.78 is 4.96. The highest BCUT2D eigenvalue weighted by Crippen LogP contribution is 2.46. The van der Waals surface area contributed by atoms with E-state index in [-0.39, 0.29) is 0 Å². The van der Waals surface area contributed by atoms with Gasteiger partial charge in [-0.05, 0) is 25.8 Å². The van der Waals surface area contributed by atoms with E-state index in [9.17, 15) is 9.59 Å². The molecule has 0 atom stereocenters. The predicted molar refractivity (Wildman–Crippen MR) is 64.5 cm³/mol. The normalized spacial score (nSPS) is 16.3. The number of aryl methyl sites for hydroxylation is 1. The van der Waals surface area contributed by atoms with Crippen LogP contribution in [0.4, 0.5) is 5.69 Å². The van der Waals surface area contributed by atoms with Gasteiger partial charge in [0.25, 0.3) is 5.71 Å². The van der Waals surface area contributed by atoms with E-state index in [0.29, 0.717) is 35.3 Å². The first kappa shape index (κ1) is 11.6. The number of amides is 1. The number of anilines is 1. The van der Waals surface area contributed by atoms with Crippen molar-refractivity contribution < 1.29 is 19.2 Å². The molecule has 2 aromatic heterocycles. The molecule has 0 saturated heterocycles. The smallest absolute Gasteiger partial charge is 0.319 e. The van der Waals surface area contributed by atoms with E-state index in [0.717, 1.165) is 0 Å². The molecule has 1 amide bonds. The molecular weight excluding hydrogens is 250 g/mol. The largest absolute Gasteiger partial charge is 0.480 e. The summed E-state index contributed by atoms with van der Waals surface area (Å²) >= 11 is 0. The van der Waals surface area contributed by atoms with Gasteiger partial charge >= 0.3 is 5.97 Å². The molecule has 2 aromatic rings. The monoisotopic (exact) mass is 261 g/mol. The van der Waals surface area contributed by atoms with Crippen LogP contribution in [0.5, 0.6) is 0 Å². The molecule has 1 saturated carbocycles. The molecule has 0 unspecified atom stereocenters. The molecule has 1 fully saturated rings. The molecule has 7 heteroatoms. The van der Waals surface area contributed by atoms with Crippen LogP contribution in [0.1, 0.15) is 18.5 Å². The van der Waals surface area contributed by atoms with Gasteiger partial charge < -0.3 is 14.9 Å². The van der Waals surface area contributed by atoms with Crippen LogP contribution in [0.15, 0.2) is 16.8 Å². The van der Waals surface area contributed by atoms with Gasteiger partial charge in [-0.3, -0.25) is 9.59 Å². The fraction of sp³-hybridized carbons (Fsp3) is 0.333. The third-order valence-electron chi connectivity index (χ3n) is 3.36. The first-order valence-electron chi connectivity index (χ1n) is 5.80. The first-order chi connectivity index (χ1) is 9.03. The molecule has 0 aromatic carbocycles. The maximum Gasteiger partial charge on any atom is 0.319 e. The maximum absolute atomic E-state index is 11.9. The highest BCUT2D eigenvalue weighted by molar-refractivity contribution is 6.11. The van der Waals surface area contributed by atoms with Crippen LogP contribution in [0, 0.1) is 12.3 Å². The van der Waals surface area contributed by atoms with Crippen molar-refractivity contribution in [3.8, 4) is 0 Å². The third-order valence-corrected chi connectivity index (χ3v) is 3.36. The highest BCUT2D eigenvalue weighted by Gasteiger charge is 2.57. The van der Waals surface area contributed by atoms with Crippen molar-refractivity contribution in [1.29, 1.82) is 0 Å². The van der Waals surface area contributed by atoms with Crippen molar-refractivity contribution in [3.05, 3.63) is 18.0 Å². The van der Waals surface area contributed by atoms with Crippen LogP contribution in [0.25, 0.3) is 11.1 Å². The molecule has 98 valence electrons. The molecule has 2 heterocycles. The minimum absolute atomic E-state index is 0.371. The Morgan fingerprint density at radius 1 is 1.47 bits per heavy atom. The van der Waals surface area contributed by atoms with Crippen LogP contribution in [0.2, 0.25) is 0 Å². The van der Waals surface area contributed by atoms with E-state index < -0.39 is 17.3 Å². The fourth-order valence-corrected chi connectivity index (χ4v) is 1.93. The summed E-state index contributed by atoms with van der Waals surface area (Å²) in [5.41, 5.74) is 0.225. The van der Waals surface area contributed by atoms with Gasteiger partial charge in [0.05, 0.1) is 23.0 Å². The summed E-state index contributed by atoms with van der Waals surface area (Å²) in [6, 6.07) is 1.67. The second-order valence-electron chi connectivity index (χ2n) is 4.69. The molecule has 0 bridgehead atoms. The minimum atomic E-state index is -1.27. The van der Waals surface area contributed by atoms with Crippen LogP contribution >= 0.6 is 0 Å². The number of carbonyl (C=O) groups is 2. The predicted octanol–water partition coefficient (Wildman–Crippen LogP) is 1.33. The number of aromatic nitrogens is 2. The van der Waals surface area contributed by atoms with Gasteiger partial charge in [-0.25, -0.2) is 4.98 Å². The summed E-state index contributed by atoms with van der Waals surface area (Å²) in [6.07, 6.45) is 2.16. The minimum Gasteiger partial charge on any atom is -0.480 e. The molecule has 7 nitrogen and oxygen atoms in total. The van der Waals surface area contributed by atoms with E-state index in [4.69, 9.17) is 9.63 Å². The van der Waals surface area contributed by atoms with Crippen molar-refractivity contribution in [2.75, 3.05) is 5.32 Å². The van der Waals surface area contributed by atoms with Crippen molar-refractivity contribution in [2.45, 2.75) is 19.8 Å². The van der Waals surface area contributed by atoms with Gasteiger partial charge in [0, 0.05) is 0 Å². The molecule has 0 aliphatic heterocycles. The van der Waals surface area contributed by atoms with Crippen LogP contribution in [0.3, 0.4) is 0 Å². The molecule has 3 rings (SSSR count). The summed E-state index contributed by atoms with van der Waals surface area (Å²) in [7, 11) is 0. The molecule has 1 aliphatic rings. The number of aliphatic carboxylic acids is 1. The van der Waals surface area contributed by atoms with Gasteiger partial charge in [-0.1, -0.05) is 5.16 Å². The Labute approximate surface area is 107 Å².